The molecule has 0 amide bonds. The first-order chi connectivity index (χ1) is 10.4. The van der Waals surface area contributed by atoms with Gasteiger partial charge in [-0.15, -0.1) is 0 Å². The van der Waals surface area contributed by atoms with Crippen molar-refractivity contribution in [3.05, 3.63) is 22.4 Å². The van der Waals surface area contributed by atoms with Gasteiger partial charge in [0.05, 0.1) is 12.2 Å². The summed E-state index contributed by atoms with van der Waals surface area (Å²) in [4.78, 5) is 19.6. The summed E-state index contributed by atoms with van der Waals surface area (Å²) in [6, 6.07) is 0.127. The Morgan fingerprint density at radius 2 is 2.14 bits per heavy atom. The van der Waals surface area contributed by atoms with Gasteiger partial charge in [-0.05, 0) is 38.5 Å². The van der Waals surface area contributed by atoms with Crippen molar-refractivity contribution in [1.82, 2.24) is 19.7 Å². The van der Waals surface area contributed by atoms with Crippen LogP contribution in [0, 0.1) is 5.92 Å². The third-order valence-corrected chi connectivity index (χ3v) is 4.46. The molecule has 1 fully saturated rings. The summed E-state index contributed by atoms with van der Waals surface area (Å²) in [7, 11) is 0. The summed E-state index contributed by atoms with van der Waals surface area (Å²) in [5.41, 5.74) is -0.586. The van der Waals surface area contributed by atoms with Crippen LogP contribution >= 0.6 is 0 Å². The zero-order valence-corrected chi connectivity index (χ0v) is 13.4. The number of nitrogens with zero attached hydrogens (tertiary/aromatic N) is 3. The van der Waals surface area contributed by atoms with Gasteiger partial charge in [0.1, 0.15) is 16.9 Å². The number of H-pyrrole nitrogens is 1. The number of halogens is 1. The molecule has 3 rings (SSSR count). The first-order valence-electron chi connectivity index (χ1n) is 8.01. The van der Waals surface area contributed by atoms with Crippen molar-refractivity contribution >= 4 is 11.0 Å². The van der Waals surface area contributed by atoms with Gasteiger partial charge in [0.2, 0.25) is 0 Å². The van der Waals surface area contributed by atoms with E-state index in [1.807, 2.05) is 4.68 Å². The number of hydrogen-bond donors (Lipinski definition) is 1. The normalized spacial score (nSPS) is 26.0. The van der Waals surface area contributed by atoms with Gasteiger partial charge in [0.15, 0.2) is 5.65 Å². The molecule has 5 nitrogen and oxygen atoms in total. The average Bonchev–Trinajstić information content (AvgIpc) is 2.82. The fraction of sp³-hybridized carbons (Fsp3) is 0.688. The van der Waals surface area contributed by atoms with Gasteiger partial charge in [-0.1, -0.05) is 13.8 Å². The minimum Gasteiger partial charge on any atom is -0.310 e. The largest absolute Gasteiger partial charge is 0.310 e. The predicted molar refractivity (Wildman–Crippen MR) is 83.7 cm³/mol. The standard InChI is InChI=1S/C16H23FN4O/c1-10(2)8-13-19-14-12(15(22)20-13)9-18-21(14)11-4-6-16(3,17)7-5-11/h9-11H,4-8H2,1-3H3,(H,19,20,22). The molecule has 0 atom stereocenters. The Morgan fingerprint density at radius 3 is 2.77 bits per heavy atom. The van der Waals surface area contributed by atoms with Crippen molar-refractivity contribution in [2.75, 3.05) is 0 Å². The van der Waals surface area contributed by atoms with Crippen LogP contribution in [0.15, 0.2) is 11.0 Å². The van der Waals surface area contributed by atoms with Crippen molar-refractivity contribution in [3.8, 4) is 0 Å². The monoisotopic (exact) mass is 306 g/mol. The predicted octanol–water partition coefficient (Wildman–Crippen LogP) is 3.16. The number of fused-ring (bicyclic) bond motifs is 1. The van der Waals surface area contributed by atoms with Crippen LogP contribution in [0.4, 0.5) is 4.39 Å². The maximum atomic E-state index is 14.0. The van der Waals surface area contributed by atoms with Gasteiger partial charge in [0, 0.05) is 6.42 Å². The highest BCUT2D eigenvalue weighted by molar-refractivity contribution is 5.73. The summed E-state index contributed by atoms with van der Waals surface area (Å²) < 4.78 is 15.8. The SMILES string of the molecule is CC(C)Cc1nc2c(cnn2C2CCC(C)(F)CC2)c(=O)[nH]1. The molecule has 1 N–H and O–H groups in total. The van der Waals surface area contributed by atoms with Crippen molar-refractivity contribution in [2.24, 2.45) is 5.92 Å². The summed E-state index contributed by atoms with van der Waals surface area (Å²) in [5.74, 6) is 1.11. The molecule has 2 aromatic heterocycles. The summed E-state index contributed by atoms with van der Waals surface area (Å²) >= 11 is 0. The van der Waals surface area contributed by atoms with Crippen LogP contribution in [0.5, 0.6) is 0 Å². The zero-order valence-electron chi connectivity index (χ0n) is 13.4. The number of rotatable bonds is 3. The number of aromatic amines is 1. The van der Waals surface area contributed by atoms with Gasteiger partial charge >= 0.3 is 0 Å². The first-order valence-corrected chi connectivity index (χ1v) is 8.01. The van der Waals surface area contributed by atoms with Crippen molar-refractivity contribution in [1.29, 1.82) is 0 Å². The highest BCUT2D eigenvalue weighted by atomic mass is 19.1. The van der Waals surface area contributed by atoms with Crippen molar-refractivity contribution in [3.63, 3.8) is 0 Å². The topological polar surface area (TPSA) is 63.6 Å². The number of nitrogens with one attached hydrogen (secondary N) is 1. The van der Waals surface area contributed by atoms with Crippen LogP contribution in [0.3, 0.4) is 0 Å². The molecule has 6 heteroatoms. The molecule has 0 unspecified atom stereocenters. The Balaban J connectivity index is 1.97. The summed E-state index contributed by atoms with van der Waals surface area (Å²) in [6.07, 6.45) is 4.82. The van der Waals surface area contributed by atoms with Crippen LogP contribution in [-0.2, 0) is 6.42 Å². The Labute approximate surface area is 128 Å². The van der Waals surface area contributed by atoms with Crippen LogP contribution in [0.25, 0.3) is 11.0 Å². The maximum Gasteiger partial charge on any atom is 0.262 e. The van der Waals surface area contributed by atoms with E-state index >= 15 is 0 Å². The Hall–Kier alpha value is -1.72. The van der Waals surface area contributed by atoms with Crippen LogP contribution < -0.4 is 5.56 Å². The molecule has 1 aliphatic rings. The molecular formula is C16H23FN4O. The van der Waals surface area contributed by atoms with Crippen molar-refractivity contribution in [2.45, 2.75) is 64.6 Å². The Bertz CT molecular complexity index is 721. The summed E-state index contributed by atoms with van der Waals surface area (Å²) in [6.45, 7) is 5.84. The summed E-state index contributed by atoms with van der Waals surface area (Å²) in [5, 5.41) is 4.87. The molecule has 0 spiro atoms. The molecule has 1 aliphatic carbocycles. The number of aromatic nitrogens is 4. The van der Waals surface area contributed by atoms with E-state index in [4.69, 9.17) is 0 Å². The molecule has 2 heterocycles. The van der Waals surface area contributed by atoms with Crippen LogP contribution in [-0.4, -0.2) is 25.4 Å². The lowest BCUT2D eigenvalue weighted by Crippen LogP contribution is -2.28. The molecular weight excluding hydrogens is 283 g/mol. The smallest absolute Gasteiger partial charge is 0.262 e. The third kappa shape index (κ3) is 2.91. The maximum absolute atomic E-state index is 14.0. The number of alkyl halides is 1. The fourth-order valence-corrected chi connectivity index (χ4v) is 3.18. The lowest BCUT2D eigenvalue weighted by atomic mass is 9.85. The zero-order chi connectivity index (χ0) is 15.9. The lowest BCUT2D eigenvalue weighted by Gasteiger charge is -2.31. The minimum absolute atomic E-state index is 0.127. The van der Waals surface area contributed by atoms with E-state index in [9.17, 15) is 9.18 Å². The van der Waals surface area contributed by atoms with Gasteiger partial charge in [0.25, 0.3) is 5.56 Å². The fourth-order valence-electron chi connectivity index (χ4n) is 3.18. The lowest BCUT2D eigenvalue weighted by molar-refractivity contribution is 0.103. The van der Waals surface area contributed by atoms with E-state index in [1.165, 1.54) is 0 Å². The molecule has 0 radical (unpaired) electrons. The second kappa shape index (κ2) is 5.48. The highest BCUT2D eigenvalue weighted by Gasteiger charge is 2.32. The Morgan fingerprint density at radius 1 is 1.45 bits per heavy atom. The molecule has 0 aromatic carbocycles. The van der Waals surface area contributed by atoms with Gasteiger partial charge in [-0.2, -0.15) is 5.10 Å². The molecule has 120 valence electrons. The minimum atomic E-state index is -1.08. The average molecular weight is 306 g/mol. The molecule has 0 aliphatic heterocycles. The van der Waals surface area contributed by atoms with Crippen LogP contribution in [0.1, 0.15) is 58.3 Å². The van der Waals surface area contributed by atoms with Crippen molar-refractivity contribution < 1.29 is 4.39 Å². The Kier molecular flexibility index (Phi) is 3.78. The first kappa shape index (κ1) is 15.2. The molecule has 0 saturated heterocycles. The van der Waals surface area contributed by atoms with E-state index < -0.39 is 5.67 Å². The van der Waals surface area contributed by atoms with E-state index in [-0.39, 0.29) is 11.6 Å². The van der Waals surface area contributed by atoms with Crippen LogP contribution in [0.2, 0.25) is 0 Å². The highest BCUT2D eigenvalue weighted by Crippen LogP contribution is 2.37. The second-order valence-electron chi connectivity index (χ2n) is 7.08. The molecule has 0 bridgehead atoms. The quantitative estimate of drug-likeness (QED) is 0.947. The van der Waals surface area contributed by atoms with E-state index in [1.54, 1.807) is 13.1 Å². The van der Waals surface area contributed by atoms with Gasteiger partial charge in [-0.3, -0.25) is 4.79 Å². The van der Waals surface area contributed by atoms with E-state index in [2.05, 4.69) is 28.9 Å². The third-order valence-electron chi connectivity index (χ3n) is 4.46. The second-order valence-corrected chi connectivity index (χ2v) is 7.08. The van der Waals surface area contributed by atoms with E-state index in [0.29, 0.717) is 35.6 Å². The van der Waals surface area contributed by atoms with E-state index in [0.717, 1.165) is 19.3 Å². The van der Waals surface area contributed by atoms with Gasteiger partial charge < -0.3 is 4.98 Å². The molecule has 22 heavy (non-hydrogen) atoms. The number of hydrogen-bond acceptors (Lipinski definition) is 3. The van der Waals surface area contributed by atoms with Gasteiger partial charge in [-0.25, -0.2) is 14.1 Å². The molecule has 2 aromatic rings. The molecule has 1 saturated carbocycles.